The molecule has 0 radical (unpaired) electrons. The van der Waals surface area contributed by atoms with Crippen molar-refractivity contribution in [2.75, 3.05) is 14.2 Å². The summed E-state index contributed by atoms with van der Waals surface area (Å²) >= 11 is 0. The number of fused-ring (bicyclic) bond motifs is 1. The lowest BCUT2D eigenvalue weighted by atomic mass is 9.89. The number of methoxy groups -OCH3 is 2. The topological polar surface area (TPSA) is 21.5 Å². The van der Waals surface area contributed by atoms with Gasteiger partial charge in [-0.1, -0.05) is 58.3 Å². The Morgan fingerprint density at radius 2 is 1.44 bits per heavy atom. The van der Waals surface area contributed by atoms with E-state index in [9.17, 15) is 8.78 Å². The molecular weight excluding hydrogens is 432 g/mol. The van der Waals surface area contributed by atoms with Gasteiger partial charge in [-0.25, -0.2) is 8.78 Å². The first-order valence-corrected chi connectivity index (χ1v) is 12.9. The summed E-state index contributed by atoms with van der Waals surface area (Å²) in [5.74, 6) is -0.228. The van der Waals surface area contributed by atoms with Crippen LogP contribution in [0.1, 0.15) is 89.2 Å². The fourth-order valence-electron chi connectivity index (χ4n) is 5.07. The van der Waals surface area contributed by atoms with Crippen LogP contribution in [-0.4, -0.2) is 30.5 Å². The van der Waals surface area contributed by atoms with E-state index in [1.165, 1.54) is 69.1 Å². The third-order valence-corrected chi connectivity index (χ3v) is 6.87. The molecule has 34 heavy (non-hydrogen) atoms. The molecule has 0 N–H and O–H groups in total. The molecule has 3 nitrogen and oxygen atoms in total. The summed E-state index contributed by atoms with van der Waals surface area (Å²) in [6, 6.07) is 8.42. The molecular formula is C29H40F2NO2+. The highest BCUT2D eigenvalue weighted by atomic mass is 19.2. The lowest BCUT2D eigenvalue weighted by Crippen LogP contribution is -2.34. The third kappa shape index (κ3) is 6.37. The van der Waals surface area contributed by atoms with Crippen molar-refractivity contribution in [3.8, 4) is 11.5 Å². The predicted octanol–water partition coefficient (Wildman–Crippen LogP) is 7.98. The van der Waals surface area contributed by atoms with Crippen molar-refractivity contribution in [1.82, 2.24) is 0 Å². The summed E-state index contributed by atoms with van der Waals surface area (Å²) in [4.78, 5) is 0. The van der Waals surface area contributed by atoms with Gasteiger partial charge in [0.1, 0.15) is 0 Å². The summed E-state index contributed by atoms with van der Waals surface area (Å²) in [5, 5.41) is 0. The van der Waals surface area contributed by atoms with Crippen molar-refractivity contribution in [3.63, 3.8) is 0 Å². The first-order chi connectivity index (χ1) is 16.5. The van der Waals surface area contributed by atoms with Gasteiger partial charge < -0.3 is 9.47 Å². The lowest BCUT2D eigenvalue weighted by molar-refractivity contribution is -0.483. The van der Waals surface area contributed by atoms with Crippen LogP contribution in [0.3, 0.4) is 0 Å². The predicted molar refractivity (Wildman–Crippen MR) is 135 cm³/mol. The molecule has 0 saturated heterocycles. The Bertz CT molecular complexity index is 986. The molecule has 0 saturated carbocycles. The van der Waals surface area contributed by atoms with Crippen LogP contribution in [0, 0.1) is 11.6 Å². The molecule has 5 heteroatoms. The Kier molecular flexibility index (Phi) is 9.91. The molecule has 0 bridgehead atoms. The first kappa shape index (κ1) is 26.2. The van der Waals surface area contributed by atoms with Gasteiger partial charge in [-0.3, -0.25) is 0 Å². The summed E-state index contributed by atoms with van der Waals surface area (Å²) in [6.07, 6.45) is 13.0. The Morgan fingerprint density at radius 3 is 2.06 bits per heavy atom. The molecule has 1 aliphatic heterocycles. The zero-order valence-corrected chi connectivity index (χ0v) is 21.3. The number of ether oxygens (including phenoxy) is 2. The molecule has 186 valence electrons. The molecule has 0 fully saturated rings. The molecule has 1 heterocycles. The second kappa shape index (κ2) is 12.9. The average Bonchev–Trinajstić information content (AvgIpc) is 2.83. The molecule has 2 aromatic carbocycles. The van der Waals surface area contributed by atoms with Gasteiger partial charge in [0.25, 0.3) is 0 Å². The van der Waals surface area contributed by atoms with Gasteiger partial charge >= 0.3 is 0 Å². The van der Waals surface area contributed by atoms with Crippen molar-refractivity contribution in [1.29, 1.82) is 0 Å². The zero-order valence-electron chi connectivity index (χ0n) is 21.3. The maximum Gasteiger partial charge on any atom is 0.208 e. The van der Waals surface area contributed by atoms with Crippen molar-refractivity contribution >= 4 is 11.4 Å². The second-order valence-corrected chi connectivity index (χ2v) is 9.41. The van der Waals surface area contributed by atoms with Crippen LogP contribution < -0.4 is 9.47 Å². The van der Waals surface area contributed by atoms with Gasteiger partial charge in [-0.2, -0.15) is 4.58 Å². The highest BCUT2D eigenvalue weighted by Gasteiger charge is 2.34. The maximum atomic E-state index is 14.2. The summed E-state index contributed by atoms with van der Waals surface area (Å²) in [6.45, 7) is 4.38. The van der Waals surface area contributed by atoms with E-state index in [2.05, 4.69) is 24.5 Å². The van der Waals surface area contributed by atoms with Crippen LogP contribution in [0.2, 0.25) is 0 Å². The van der Waals surface area contributed by atoms with Crippen LogP contribution >= 0.6 is 0 Å². The van der Waals surface area contributed by atoms with E-state index in [1.807, 2.05) is 6.07 Å². The van der Waals surface area contributed by atoms with Crippen LogP contribution in [0.4, 0.5) is 14.5 Å². The van der Waals surface area contributed by atoms with Crippen LogP contribution in [0.15, 0.2) is 30.3 Å². The summed E-state index contributed by atoms with van der Waals surface area (Å²) in [7, 11) is 3.29. The van der Waals surface area contributed by atoms with E-state index in [4.69, 9.17) is 9.47 Å². The molecule has 0 spiro atoms. The SMILES string of the molecule is CCCCCCCCCCCC1=[N+](c2ccc(F)c(F)c2)C(C)Cc2cc(OC)c(OC)cc21. The van der Waals surface area contributed by atoms with Crippen molar-refractivity contribution < 1.29 is 22.8 Å². The molecule has 0 aromatic heterocycles. The van der Waals surface area contributed by atoms with Gasteiger partial charge in [-0.15, -0.1) is 0 Å². The van der Waals surface area contributed by atoms with Crippen LogP contribution in [0.5, 0.6) is 11.5 Å². The fourth-order valence-corrected chi connectivity index (χ4v) is 5.07. The molecule has 3 rings (SSSR count). The quantitative estimate of drug-likeness (QED) is 0.218. The smallest absolute Gasteiger partial charge is 0.208 e. The van der Waals surface area contributed by atoms with Gasteiger partial charge in [0.05, 0.1) is 14.2 Å². The Labute approximate surface area is 203 Å². The summed E-state index contributed by atoms with van der Waals surface area (Å²) in [5.41, 5.74) is 4.15. The zero-order chi connectivity index (χ0) is 24.5. The molecule has 1 unspecified atom stereocenters. The van der Waals surface area contributed by atoms with Crippen LogP contribution in [-0.2, 0) is 6.42 Å². The fraction of sp³-hybridized carbons (Fsp3) is 0.552. The van der Waals surface area contributed by atoms with E-state index in [1.54, 1.807) is 20.3 Å². The Morgan fingerprint density at radius 1 is 0.824 bits per heavy atom. The highest BCUT2D eigenvalue weighted by molar-refractivity contribution is 6.00. The summed E-state index contributed by atoms with van der Waals surface area (Å²) < 4.78 is 41.1. The molecule has 0 amide bonds. The number of hydrogen-bond donors (Lipinski definition) is 0. The van der Waals surface area contributed by atoms with Gasteiger partial charge in [-0.05, 0) is 37.1 Å². The number of unbranched alkanes of at least 4 members (excludes halogenated alkanes) is 8. The number of nitrogens with zero attached hydrogens (tertiary/aromatic N) is 1. The Hall–Kier alpha value is -2.43. The van der Waals surface area contributed by atoms with E-state index in [0.29, 0.717) is 11.4 Å². The largest absolute Gasteiger partial charge is 0.493 e. The monoisotopic (exact) mass is 472 g/mol. The number of benzene rings is 2. The third-order valence-electron chi connectivity index (χ3n) is 6.87. The van der Waals surface area contributed by atoms with Crippen molar-refractivity contribution in [2.24, 2.45) is 0 Å². The molecule has 1 atom stereocenters. The van der Waals surface area contributed by atoms with Crippen molar-refractivity contribution in [2.45, 2.75) is 90.5 Å². The van der Waals surface area contributed by atoms with Gasteiger partial charge in [0, 0.05) is 30.5 Å². The lowest BCUT2D eigenvalue weighted by Gasteiger charge is -2.24. The number of halogens is 2. The number of hydrogen-bond acceptors (Lipinski definition) is 2. The minimum absolute atomic E-state index is 0.115. The normalized spacial score (nSPS) is 15.4. The van der Waals surface area contributed by atoms with Crippen LogP contribution in [0.25, 0.3) is 0 Å². The van der Waals surface area contributed by atoms with E-state index < -0.39 is 11.6 Å². The van der Waals surface area contributed by atoms with Crippen molar-refractivity contribution in [3.05, 3.63) is 53.1 Å². The minimum atomic E-state index is -0.819. The second-order valence-electron chi connectivity index (χ2n) is 9.41. The van der Waals surface area contributed by atoms with Gasteiger partial charge in [0.2, 0.25) is 5.69 Å². The molecule has 2 aromatic rings. The Balaban J connectivity index is 1.85. The van der Waals surface area contributed by atoms with E-state index >= 15 is 0 Å². The maximum absolute atomic E-state index is 14.2. The van der Waals surface area contributed by atoms with E-state index in [0.717, 1.165) is 36.3 Å². The molecule has 0 aliphatic carbocycles. The molecule has 1 aliphatic rings. The minimum Gasteiger partial charge on any atom is -0.493 e. The first-order valence-electron chi connectivity index (χ1n) is 12.9. The standard InChI is InChI=1S/C29H40F2NO2/c1-5-6-7-8-9-10-11-12-13-14-27-24-20-29(34-4)28(33-3)18-22(24)17-21(2)32(27)23-15-16-25(30)26(31)19-23/h15-16,18-21H,5-14,17H2,1-4H3/q+1. The number of rotatable bonds is 13. The van der Waals surface area contributed by atoms with Gasteiger partial charge in [0.15, 0.2) is 34.9 Å². The highest BCUT2D eigenvalue weighted by Crippen LogP contribution is 2.36. The average molecular weight is 473 g/mol. The van der Waals surface area contributed by atoms with E-state index in [-0.39, 0.29) is 6.04 Å².